The van der Waals surface area contributed by atoms with Gasteiger partial charge in [-0.15, -0.1) is 0 Å². The number of nitro benzene ring substituents is 1. The number of nitro groups is 1. The maximum atomic E-state index is 13.8. The van der Waals surface area contributed by atoms with Crippen LogP contribution in [0.25, 0.3) is 0 Å². The Morgan fingerprint density at radius 3 is 2.52 bits per heavy atom. The predicted octanol–water partition coefficient (Wildman–Crippen LogP) is 3.66. The molecule has 0 aliphatic rings. The fourth-order valence-corrected chi connectivity index (χ4v) is 2.33. The van der Waals surface area contributed by atoms with E-state index in [1.807, 2.05) is 20.8 Å². The van der Waals surface area contributed by atoms with Crippen LogP contribution in [0.4, 0.5) is 10.1 Å². The molecule has 21 heavy (non-hydrogen) atoms. The van der Waals surface area contributed by atoms with E-state index in [0.717, 1.165) is 18.2 Å². The van der Waals surface area contributed by atoms with Crippen molar-refractivity contribution in [3.63, 3.8) is 0 Å². The third-order valence-electron chi connectivity index (χ3n) is 3.16. The standard InChI is InChI=1S/C14H18BrFN2O3/c1-14(2,3)12(6-7-15)17-13(19)10-5-4-9(18(20)21)8-11(10)16/h4-5,8,12H,6-7H2,1-3H3,(H,17,19). The molecule has 0 heterocycles. The van der Waals surface area contributed by atoms with E-state index in [1.165, 1.54) is 0 Å². The Bertz CT molecular complexity index is 544. The first-order valence-corrected chi connectivity index (χ1v) is 7.59. The number of halogens is 2. The molecule has 0 saturated heterocycles. The van der Waals surface area contributed by atoms with E-state index in [-0.39, 0.29) is 22.7 Å². The van der Waals surface area contributed by atoms with Crippen LogP contribution < -0.4 is 5.32 Å². The molecular weight excluding hydrogens is 343 g/mol. The Labute approximate surface area is 131 Å². The zero-order valence-corrected chi connectivity index (χ0v) is 13.7. The van der Waals surface area contributed by atoms with Gasteiger partial charge in [-0.05, 0) is 17.9 Å². The molecule has 0 bridgehead atoms. The van der Waals surface area contributed by atoms with Crippen molar-refractivity contribution >= 4 is 27.5 Å². The normalized spacial score (nSPS) is 12.8. The molecule has 0 spiro atoms. The molecule has 1 unspecified atom stereocenters. The minimum Gasteiger partial charge on any atom is -0.349 e. The van der Waals surface area contributed by atoms with E-state index in [4.69, 9.17) is 0 Å². The Morgan fingerprint density at radius 1 is 1.48 bits per heavy atom. The number of carbonyl (C=O) groups is 1. The zero-order chi connectivity index (χ0) is 16.2. The van der Waals surface area contributed by atoms with E-state index in [9.17, 15) is 19.3 Å². The molecule has 0 aromatic heterocycles. The number of hydrogen-bond donors (Lipinski definition) is 1. The third kappa shape index (κ3) is 4.77. The van der Waals surface area contributed by atoms with Gasteiger partial charge in [-0.25, -0.2) is 4.39 Å². The predicted molar refractivity (Wildman–Crippen MR) is 82.2 cm³/mol. The average Bonchev–Trinajstić information content (AvgIpc) is 2.36. The summed E-state index contributed by atoms with van der Waals surface area (Å²) < 4.78 is 13.8. The molecule has 5 nitrogen and oxygen atoms in total. The number of hydrogen-bond acceptors (Lipinski definition) is 3. The molecule has 0 saturated carbocycles. The Morgan fingerprint density at radius 2 is 2.10 bits per heavy atom. The number of non-ortho nitro benzene ring substituents is 1. The highest BCUT2D eigenvalue weighted by Crippen LogP contribution is 2.23. The van der Waals surface area contributed by atoms with Gasteiger partial charge >= 0.3 is 0 Å². The van der Waals surface area contributed by atoms with Gasteiger partial charge in [0.1, 0.15) is 5.82 Å². The number of rotatable bonds is 5. The number of carbonyl (C=O) groups excluding carboxylic acids is 1. The third-order valence-corrected chi connectivity index (χ3v) is 3.61. The minimum atomic E-state index is -0.895. The smallest absolute Gasteiger partial charge is 0.272 e. The van der Waals surface area contributed by atoms with Crippen LogP contribution in [-0.2, 0) is 0 Å². The Balaban J connectivity index is 2.95. The molecular formula is C14H18BrFN2O3. The van der Waals surface area contributed by atoms with Gasteiger partial charge < -0.3 is 5.32 Å². The lowest BCUT2D eigenvalue weighted by Crippen LogP contribution is -2.44. The Hall–Kier alpha value is -1.50. The SMILES string of the molecule is CC(C)(C)C(CCBr)NC(=O)c1ccc([N+](=O)[O-])cc1F. The number of alkyl halides is 1. The number of nitrogens with zero attached hydrogens (tertiary/aromatic N) is 1. The molecule has 1 aromatic rings. The highest BCUT2D eigenvalue weighted by molar-refractivity contribution is 9.09. The highest BCUT2D eigenvalue weighted by atomic mass is 79.9. The summed E-state index contributed by atoms with van der Waals surface area (Å²) in [4.78, 5) is 22.0. The maximum Gasteiger partial charge on any atom is 0.272 e. The molecule has 116 valence electrons. The molecule has 0 radical (unpaired) electrons. The van der Waals surface area contributed by atoms with Gasteiger partial charge in [-0.3, -0.25) is 14.9 Å². The summed E-state index contributed by atoms with van der Waals surface area (Å²) in [6.45, 7) is 5.94. The first kappa shape index (κ1) is 17.6. The summed E-state index contributed by atoms with van der Waals surface area (Å²) in [5.41, 5.74) is -0.748. The monoisotopic (exact) mass is 360 g/mol. The van der Waals surface area contributed by atoms with Crippen molar-refractivity contribution in [1.82, 2.24) is 5.32 Å². The van der Waals surface area contributed by atoms with E-state index in [2.05, 4.69) is 21.2 Å². The van der Waals surface area contributed by atoms with E-state index in [1.54, 1.807) is 0 Å². The molecule has 0 fully saturated rings. The molecule has 1 N–H and O–H groups in total. The minimum absolute atomic E-state index is 0.140. The van der Waals surface area contributed by atoms with Gasteiger partial charge in [0, 0.05) is 17.4 Å². The van der Waals surface area contributed by atoms with Gasteiger partial charge in [0.05, 0.1) is 16.6 Å². The van der Waals surface area contributed by atoms with Crippen LogP contribution in [0.5, 0.6) is 0 Å². The zero-order valence-electron chi connectivity index (χ0n) is 12.2. The van der Waals surface area contributed by atoms with E-state index in [0.29, 0.717) is 11.8 Å². The summed E-state index contributed by atoms with van der Waals surface area (Å²) in [6.07, 6.45) is 0.698. The number of nitrogens with one attached hydrogen (secondary N) is 1. The summed E-state index contributed by atoms with van der Waals surface area (Å²) in [5, 5.41) is 14.1. The van der Waals surface area contributed by atoms with Crippen LogP contribution >= 0.6 is 15.9 Å². The summed E-state index contributed by atoms with van der Waals surface area (Å²) in [6, 6.07) is 2.87. The fourth-order valence-electron chi connectivity index (χ4n) is 1.87. The molecule has 1 amide bonds. The van der Waals surface area contributed by atoms with Crippen molar-refractivity contribution < 1.29 is 14.1 Å². The lowest BCUT2D eigenvalue weighted by Gasteiger charge is -2.31. The van der Waals surface area contributed by atoms with Gasteiger partial charge in [-0.2, -0.15) is 0 Å². The number of benzene rings is 1. The number of amides is 1. The first-order chi connectivity index (χ1) is 9.66. The van der Waals surface area contributed by atoms with Crippen LogP contribution in [0.3, 0.4) is 0 Å². The second kappa shape index (κ2) is 6.98. The van der Waals surface area contributed by atoms with E-state index < -0.39 is 16.6 Å². The lowest BCUT2D eigenvalue weighted by atomic mass is 9.85. The van der Waals surface area contributed by atoms with Crippen LogP contribution in [-0.4, -0.2) is 22.2 Å². The average molecular weight is 361 g/mol. The summed E-state index contributed by atoms with van der Waals surface area (Å²) in [7, 11) is 0. The van der Waals surface area contributed by atoms with Crippen molar-refractivity contribution in [2.45, 2.75) is 33.2 Å². The molecule has 1 atom stereocenters. The lowest BCUT2D eigenvalue weighted by molar-refractivity contribution is -0.385. The maximum absolute atomic E-state index is 13.8. The second-order valence-corrected chi connectivity index (χ2v) is 6.58. The van der Waals surface area contributed by atoms with Crippen molar-refractivity contribution in [2.24, 2.45) is 5.41 Å². The molecule has 1 rings (SSSR count). The van der Waals surface area contributed by atoms with Gasteiger partial charge in [0.2, 0.25) is 0 Å². The second-order valence-electron chi connectivity index (χ2n) is 5.79. The van der Waals surface area contributed by atoms with Crippen LogP contribution in [0, 0.1) is 21.3 Å². The topological polar surface area (TPSA) is 72.2 Å². The summed E-state index contributed by atoms with van der Waals surface area (Å²) >= 11 is 3.33. The first-order valence-electron chi connectivity index (χ1n) is 6.47. The van der Waals surface area contributed by atoms with Crippen LogP contribution in [0.1, 0.15) is 37.6 Å². The van der Waals surface area contributed by atoms with Crippen molar-refractivity contribution in [3.05, 3.63) is 39.7 Å². The molecule has 1 aromatic carbocycles. The fraction of sp³-hybridized carbons (Fsp3) is 0.500. The van der Waals surface area contributed by atoms with Gasteiger partial charge in [0.15, 0.2) is 0 Å². The van der Waals surface area contributed by atoms with Crippen molar-refractivity contribution in [2.75, 3.05) is 5.33 Å². The molecule has 0 aliphatic carbocycles. The van der Waals surface area contributed by atoms with Crippen LogP contribution in [0.2, 0.25) is 0 Å². The Kier molecular flexibility index (Phi) is 5.83. The molecule has 7 heteroatoms. The van der Waals surface area contributed by atoms with Gasteiger partial charge in [0.25, 0.3) is 11.6 Å². The highest BCUT2D eigenvalue weighted by Gasteiger charge is 2.27. The van der Waals surface area contributed by atoms with Crippen LogP contribution in [0.15, 0.2) is 18.2 Å². The van der Waals surface area contributed by atoms with Crippen molar-refractivity contribution in [3.8, 4) is 0 Å². The molecule has 0 aliphatic heterocycles. The quantitative estimate of drug-likeness (QED) is 0.494. The van der Waals surface area contributed by atoms with E-state index >= 15 is 0 Å². The summed E-state index contributed by atoms with van der Waals surface area (Å²) in [5.74, 6) is -1.46. The largest absolute Gasteiger partial charge is 0.349 e. The van der Waals surface area contributed by atoms with Gasteiger partial charge in [-0.1, -0.05) is 36.7 Å². The van der Waals surface area contributed by atoms with Crippen molar-refractivity contribution in [1.29, 1.82) is 0 Å².